The van der Waals surface area contributed by atoms with E-state index < -0.39 is 0 Å². The largest absolute Gasteiger partial charge is 0.493 e. The Labute approximate surface area is 133 Å². The van der Waals surface area contributed by atoms with Gasteiger partial charge in [-0.2, -0.15) is 0 Å². The van der Waals surface area contributed by atoms with Gasteiger partial charge in [0, 0.05) is 0 Å². The number of carbonyl (C=O) groups is 1. The number of rotatable bonds is 10. The van der Waals surface area contributed by atoms with Gasteiger partial charge in [-0.1, -0.05) is 13.8 Å². The van der Waals surface area contributed by atoms with E-state index in [9.17, 15) is 4.79 Å². The van der Waals surface area contributed by atoms with E-state index in [1.165, 1.54) is 14.2 Å². The second kappa shape index (κ2) is 9.30. The highest BCUT2D eigenvalue weighted by molar-refractivity contribution is 6.01. The highest BCUT2D eigenvalue weighted by atomic mass is 16.5. The molecule has 0 radical (unpaired) electrons. The molecule has 0 heterocycles. The number of hydrogen-bond donors (Lipinski definition) is 0. The molecule has 5 nitrogen and oxygen atoms in total. The standard InChI is InChI=1S/C17H27NO4/c1-6-10-18(11-7-2)12-14(19)13-8-9-15(20-3)17(22-5)16(13)21-4/h8-9H,6-7,10-12H2,1-5H3. The Kier molecular flexibility index (Phi) is 7.74. The van der Waals surface area contributed by atoms with Crippen molar-refractivity contribution in [1.82, 2.24) is 4.90 Å². The Morgan fingerprint density at radius 3 is 2.00 bits per heavy atom. The molecule has 0 aliphatic carbocycles. The maximum Gasteiger partial charge on any atom is 0.204 e. The number of ketones is 1. The van der Waals surface area contributed by atoms with Gasteiger partial charge < -0.3 is 14.2 Å². The highest BCUT2D eigenvalue weighted by Crippen LogP contribution is 2.39. The molecule has 5 heteroatoms. The molecule has 0 aromatic heterocycles. The summed E-state index contributed by atoms with van der Waals surface area (Å²) in [7, 11) is 4.63. The fourth-order valence-corrected chi connectivity index (χ4v) is 2.51. The van der Waals surface area contributed by atoms with E-state index in [0.29, 0.717) is 29.4 Å². The minimum atomic E-state index is 0.0275. The second-order valence-corrected chi connectivity index (χ2v) is 5.08. The first-order valence-electron chi connectivity index (χ1n) is 7.67. The SMILES string of the molecule is CCCN(CCC)CC(=O)c1ccc(OC)c(OC)c1OC. The summed E-state index contributed by atoms with van der Waals surface area (Å²) >= 11 is 0. The lowest BCUT2D eigenvalue weighted by atomic mass is 10.1. The lowest BCUT2D eigenvalue weighted by Crippen LogP contribution is -2.31. The van der Waals surface area contributed by atoms with Crippen molar-refractivity contribution in [2.24, 2.45) is 0 Å². The molecule has 0 N–H and O–H groups in total. The number of ether oxygens (including phenoxy) is 3. The van der Waals surface area contributed by atoms with Gasteiger partial charge in [-0.25, -0.2) is 0 Å². The molecule has 1 aromatic carbocycles. The first kappa shape index (κ1) is 18.3. The van der Waals surface area contributed by atoms with Gasteiger partial charge in [-0.05, 0) is 38.1 Å². The zero-order chi connectivity index (χ0) is 16.5. The van der Waals surface area contributed by atoms with Crippen molar-refractivity contribution in [2.45, 2.75) is 26.7 Å². The van der Waals surface area contributed by atoms with Gasteiger partial charge in [0.05, 0.1) is 33.4 Å². The molecule has 0 unspecified atom stereocenters. The molecule has 0 aliphatic rings. The van der Waals surface area contributed by atoms with Crippen LogP contribution in [-0.4, -0.2) is 51.6 Å². The molecular formula is C17H27NO4. The minimum Gasteiger partial charge on any atom is -0.493 e. The van der Waals surface area contributed by atoms with Gasteiger partial charge in [0.2, 0.25) is 5.75 Å². The maximum atomic E-state index is 12.6. The van der Waals surface area contributed by atoms with Crippen molar-refractivity contribution in [3.63, 3.8) is 0 Å². The molecule has 0 saturated heterocycles. The Morgan fingerprint density at radius 1 is 0.955 bits per heavy atom. The molecule has 0 bridgehead atoms. The molecule has 0 spiro atoms. The summed E-state index contributed by atoms with van der Waals surface area (Å²) in [5.74, 6) is 1.46. The van der Waals surface area contributed by atoms with Gasteiger partial charge in [0.25, 0.3) is 0 Å². The first-order chi connectivity index (χ1) is 10.6. The van der Waals surface area contributed by atoms with E-state index in [0.717, 1.165) is 25.9 Å². The fraction of sp³-hybridized carbons (Fsp3) is 0.588. The molecule has 0 amide bonds. The van der Waals surface area contributed by atoms with Crippen LogP contribution < -0.4 is 14.2 Å². The summed E-state index contributed by atoms with van der Waals surface area (Å²) in [5.41, 5.74) is 0.525. The molecule has 124 valence electrons. The minimum absolute atomic E-state index is 0.0275. The van der Waals surface area contributed by atoms with Gasteiger partial charge in [0.15, 0.2) is 17.3 Å². The number of hydrogen-bond acceptors (Lipinski definition) is 5. The molecule has 0 atom stereocenters. The molecule has 1 aromatic rings. The van der Waals surface area contributed by atoms with E-state index in [1.807, 2.05) is 0 Å². The van der Waals surface area contributed by atoms with Crippen LogP contribution in [0.25, 0.3) is 0 Å². The predicted molar refractivity (Wildman–Crippen MR) is 87.5 cm³/mol. The van der Waals surface area contributed by atoms with E-state index in [-0.39, 0.29) is 5.78 Å². The average molecular weight is 309 g/mol. The lowest BCUT2D eigenvalue weighted by molar-refractivity contribution is 0.0927. The van der Waals surface area contributed by atoms with Crippen LogP contribution in [0.15, 0.2) is 12.1 Å². The van der Waals surface area contributed by atoms with Gasteiger partial charge in [-0.15, -0.1) is 0 Å². The number of carbonyl (C=O) groups excluding carboxylic acids is 1. The number of benzene rings is 1. The van der Waals surface area contributed by atoms with Gasteiger partial charge in [-0.3, -0.25) is 9.69 Å². The average Bonchev–Trinajstić information content (AvgIpc) is 2.53. The summed E-state index contributed by atoms with van der Waals surface area (Å²) in [6.45, 7) is 6.44. The van der Waals surface area contributed by atoms with Crippen molar-refractivity contribution < 1.29 is 19.0 Å². The van der Waals surface area contributed by atoms with Crippen LogP contribution in [0, 0.1) is 0 Å². The quantitative estimate of drug-likeness (QED) is 0.622. The predicted octanol–water partition coefficient (Wildman–Crippen LogP) is 3.02. The van der Waals surface area contributed by atoms with Crippen LogP contribution in [0.1, 0.15) is 37.0 Å². The summed E-state index contributed by atoms with van der Waals surface area (Å²) < 4.78 is 16.0. The van der Waals surface area contributed by atoms with E-state index >= 15 is 0 Å². The van der Waals surface area contributed by atoms with Crippen molar-refractivity contribution >= 4 is 5.78 Å². The third-order valence-corrected chi connectivity index (χ3v) is 3.45. The fourth-order valence-electron chi connectivity index (χ4n) is 2.51. The Bertz CT molecular complexity index is 482. The van der Waals surface area contributed by atoms with Crippen molar-refractivity contribution in [2.75, 3.05) is 41.0 Å². The van der Waals surface area contributed by atoms with Crippen molar-refractivity contribution in [1.29, 1.82) is 0 Å². The van der Waals surface area contributed by atoms with Crippen LogP contribution in [0.5, 0.6) is 17.2 Å². The zero-order valence-corrected chi connectivity index (χ0v) is 14.3. The van der Waals surface area contributed by atoms with Crippen LogP contribution in [-0.2, 0) is 0 Å². The monoisotopic (exact) mass is 309 g/mol. The lowest BCUT2D eigenvalue weighted by Gasteiger charge is -2.21. The smallest absolute Gasteiger partial charge is 0.204 e. The topological polar surface area (TPSA) is 48.0 Å². The Balaban J connectivity index is 3.06. The van der Waals surface area contributed by atoms with Crippen LogP contribution in [0.3, 0.4) is 0 Å². The summed E-state index contributed by atoms with van der Waals surface area (Å²) in [6, 6.07) is 3.47. The molecule has 0 saturated carbocycles. The number of methoxy groups -OCH3 is 3. The summed E-state index contributed by atoms with van der Waals surface area (Å²) in [4.78, 5) is 14.8. The van der Waals surface area contributed by atoms with Crippen LogP contribution >= 0.6 is 0 Å². The Morgan fingerprint density at radius 2 is 1.55 bits per heavy atom. The van der Waals surface area contributed by atoms with Crippen molar-refractivity contribution in [3.8, 4) is 17.2 Å². The summed E-state index contributed by atoms with van der Waals surface area (Å²) in [6.07, 6.45) is 2.05. The van der Waals surface area contributed by atoms with Crippen LogP contribution in [0.2, 0.25) is 0 Å². The van der Waals surface area contributed by atoms with E-state index in [1.54, 1.807) is 19.2 Å². The molecule has 0 aliphatic heterocycles. The normalized spacial score (nSPS) is 10.6. The first-order valence-corrected chi connectivity index (χ1v) is 7.67. The van der Waals surface area contributed by atoms with Gasteiger partial charge >= 0.3 is 0 Å². The zero-order valence-electron chi connectivity index (χ0n) is 14.3. The molecular weight excluding hydrogens is 282 g/mol. The van der Waals surface area contributed by atoms with E-state index in [4.69, 9.17) is 14.2 Å². The third-order valence-electron chi connectivity index (χ3n) is 3.45. The maximum absolute atomic E-state index is 12.6. The van der Waals surface area contributed by atoms with Crippen LogP contribution in [0.4, 0.5) is 0 Å². The Hall–Kier alpha value is -1.75. The third kappa shape index (κ3) is 4.37. The van der Waals surface area contributed by atoms with Gasteiger partial charge in [0.1, 0.15) is 0 Å². The second-order valence-electron chi connectivity index (χ2n) is 5.08. The molecule has 1 rings (SSSR count). The van der Waals surface area contributed by atoms with Crippen molar-refractivity contribution in [3.05, 3.63) is 17.7 Å². The molecule has 22 heavy (non-hydrogen) atoms. The molecule has 0 fully saturated rings. The van der Waals surface area contributed by atoms with E-state index in [2.05, 4.69) is 18.7 Å². The highest BCUT2D eigenvalue weighted by Gasteiger charge is 2.21. The summed E-state index contributed by atoms with van der Waals surface area (Å²) in [5, 5.41) is 0. The number of Topliss-reactive ketones (excluding diaryl/α,β-unsaturated/α-hetero) is 1. The number of nitrogens with zero attached hydrogens (tertiary/aromatic N) is 1.